The minimum absolute atomic E-state index is 0.361. The second-order valence-corrected chi connectivity index (χ2v) is 5.43. The largest absolute Gasteiger partial charge is 0.367 e. The average molecular weight is 282 g/mol. The van der Waals surface area contributed by atoms with E-state index in [0.29, 0.717) is 13.2 Å². The molecule has 0 N–H and O–H groups in total. The van der Waals surface area contributed by atoms with Crippen LogP contribution in [0.2, 0.25) is 0 Å². The first-order valence-electron chi connectivity index (χ1n) is 7.68. The molecule has 2 atom stereocenters. The van der Waals surface area contributed by atoms with E-state index in [2.05, 4.69) is 48.5 Å². The summed E-state index contributed by atoms with van der Waals surface area (Å²) in [7, 11) is 0. The van der Waals surface area contributed by atoms with Gasteiger partial charge in [-0.2, -0.15) is 0 Å². The molecule has 0 bridgehead atoms. The van der Waals surface area contributed by atoms with Crippen molar-refractivity contribution in [2.24, 2.45) is 0 Å². The molecule has 0 amide bonds. The lowest BCUT2D eigenvalue weighted by atomic mass is 9.98. The van der Waals surface area contributed by atoms with E-state index in [0.717, 1.165) is 6.42 Å². The van der Waals surface area contributed by atoms with Crippen molar-refractivity contribution in [1.29, 1.82) is 0 Å². The molecular weight excluding hydrogens is 260 g/mol. The number of ether oxygens (including phenoxy) is 2. The fraction of sp³-hybridized carbons (Fsp3) is 0.368. The molecule has 110 valence electrons. The maximum absolute atomic E-state index is 6.22. The summed E-state index contributed by atoms with van der Waals surface area (Å²) in [5.41, 5.74) is 1.68. The minimum Gasteiger partial charge on any atom is -0.367 e. The first-order chi connectivity index (χ1) is 10.3. The summed E-state index contributed by atoms with van der Waals surface area (Å²) in [6.07, 6.45) is 0.871. The summed E-state index contributed by atoms with van der Waals surface area (Å²) in [6.45, 7) is 5.45. The van der Waals surface area contributed by atoms with Gasteiger partial charge in [0.25, 0.3) is 0 Å². The van der Waals surface area contributed by atoms with Crippen molar-refractivity contribution in [1.82, 2.24) is 0 Å². The Kier molecular flexibility index (Phi) is 3.83. The summed E-state index contributed by atoms with van der Waals surface area (Å²) in [5, 5.41) is 0. The molecule has 1 aliphatic rings. The number of benzene rings is 2. The van der Waals surface area contributed by atoms with Gasteiger partial charge in [0.05, 0.1) is 0 Å². The molecule has 21 heavy (non-hydrogen) atoms. The highest BCUT2D eigenvalue weighted by molar-refractivity contribution is 5.44. The molecule has 2 nitrogen and oxygen atoms in total. The van der Waals surface area contributed by atoms with Crippen LogP contribution in [0.3, 0.4) is 0 Å². The summed E-state index contributed by atoms with van der Waals surface area (Å²) >= 11 is 0. The standard InChI is InChI=1S/C19H22O2/c1-3-20-18(16-11-7-5-8-12-16)15-19(18,21-4-2)17-13-9-6-10-14-17/h5-14H,3-4,15H2,1-2H3/t18-,19+. The minimum atomic E-state index is -0.361. The summed E-state index contributed by atoms with van der Waals surface area (Å²) < 4.78 is 12.4. The van der Waals surface area contributed by atoms with Crippen molar-refractivity contribution in [3.63, 3.8) is 0 Å². The van der Waals surface area contributed by atoms with Gasteiger partial charge in [-0.1, -0.05) is 60.7 Å². The van der Waals surface area contributed by atoms with E-state index in [-0.39, 0.29) is 11.2 Å². The van der Waals surface area contributed by atoms with Crippen LogP contribution < -0.4 is 0 Å². The van der Waals surface area contributed by atoms with Crippen molar-refractivity contribution in [3.05, 3.63) is 71.8 Å². The second kappa shape index (κ2) is 5.63. The van der Waals surface area contributed by atoms with E-state index < -0.39 is 0 Å². The molecule has 1 saturated carbocycles. The predicted octanol–water partition coefficient (Wildman–Crippen LogP) is 4.25. The van der Waals surface area contributed by atoms with Gasteiger partial charge in [0.15, 0.2) is 0 Å². The van der Waals surface area contributed by atoms with Crippen molar-refractivity contribution in [2.75, 3.05) is 13.2 Å². The average Bonchev–Trinajstić information content (AvgIpc) is 3.20. The highest BCUT2D eigenvalue weighted by Crippen LogP contribution is 2.66. The van der Waals surface area contributed by atoms with Crippen molar-refractivity contribution in [3.8, 4) is 0 Å². The molecule has 0 radical (unpaired) electrons. The van der Waals surface area contributed by atoms with E-state index in [1.54, 1.807) is 0 Å². The van der Waals surface area contributed by atoms with E-state index in [9.17, 15) is 0 Å². The number of rotatable bonds is 6. The van der Waals surface area contributed by atoms with E-state index >= 15 is 0 Å². The van der Waals surface area contributed by atoms with Crippen molar-refractivity contribution >= 4 is 0 Å². The molecule has 2 aromatic rings. The Labute approximate surface area is 126 Å². The van der Waals surface area contributed by atoms with Crippen LogP contribution in [0, 0.1) is 0 Å². The third-order valence-electron chi connectivity index (χ3n) is 4.29. The molecule has 0 aromatic heterocycles. The Hall–Kier alpha value is -1.64. The van der Waals surface area contributed by atoms with E-state index in [4.69, 9.17) is 9.47 Å². The van der Waals surface area contributed by atoms with E-state index in [1.807, 2.05) is 26.0 Å². The SMILES string of the molecule is CCO[C@]1(c2ccccc2)C[C@@]1(OCC)c1ccccc1. The quantitative estimate of drug-likeness (QED) is 0.788. The fourth-order valence-electron chi connectivity index (χ4n) is 3.39. The normalized spacial score (nSPS) is 27.5. The second-order valence-electron chi connectivity index (χ2n) is 5.43. The van der Waals surface area contributed by atoms with Gasteiger partial charge in [0, 0.05) is 19.6 Å². The Morgan fingerprint density at radius 1 is 0.714 bits per heavy atom. The van der Waals surface area contributed by atoms with Gasteiger partial charge in [0.1, 0.15) is 11.2 Å². The highest BCUT2D eigenvalue weighted by Gasteiger charge is 2.72. The molecule has 2 aromatic carbocycles. The van der Waals surface area contributed by atoms with Gasteiger partial charge in [-0.25, -0.2) is 0 Å². The van der Waals surface area contributed by atoms with Gasteiger partial charge in [-0.05, 0) is 25.0 Å². The molecule has 0 saturated heterocycles. The zero-order valence-corrected chi connectivity index (χ0v) is 12.7. The van der Waals surface area contributed by atoms with Crippen LogP contribution in [0.25, 0.3) is 0 Å². The van der Waals surface area contributed by atoms with E-state index in [1.165, 1.54) is 11.1 Å². The smallest absolute Gasteiger partial charge is 0.129 e. The van der Waals surface area contributed by atoms with Crippen LogP contribution in [0.1, 0.15) is 31.4 Å². The molecule has 1 fully saturated rings. The molecular formula is C19H22O2. The Morgan fingerprint density at radius 3 is 1.43 bits per heavy atom. The Balaban J connectivity index is 2.07. The van der Waals surface area contributed by atoms with Crippen molar-refractivity contribution < 1.29 is 9.47 Å². The topological polar surface area (TPSA) is 18.5 Å². The third-order valence-corrected chi connectivity index (χ3v) is 4.29. The zero-order valence-electron chi connectivity index (χ0n) is 12.7. The molecule has 2 heteroatoms. The van der Waals surface area contributed by atoms with Crippen LogP contribution in [-0.4, -0.2) is 13.2 Å². The molecule has 0 aliphatic heterocycles. The lowest BCUT2D eigenvalue weighted by molar-refractivity contribution is -0.0734. The molecule has 0 heterocycles. The maximum Gasteiger partial charge on any atom is 0.129 e. The highest BCUT2D eigenvalue weighted by atomic mass is 16.6. The zero-order chi connectivity index (χ0) is 14.8. The lowest BCUT2D eigenvalue weighted by Crippen LogP contribution is -2.28. The first-order valence-corrected chi connectivity index (χ1v) is 7.68. The van der Waals surface area contributed by atoms with Gasteiger partial charge < -0.3 is 9.47 Å². The van der Waals surface area contributed by atoms with Crippen LogP contribution >= 0.6 is 0 Å². The monoisotopic (exact) mass is 282 g/mol. The van der Waals surface area contributed by atoms with Gasteiger partial charge in [-0.15, -0.1) is 0 Å². The first kappa shape index (κ1) is 14.3. The van der Waals surface area contributed by atoms with Crippen LogP contribution in [0.4, 0.5) is 0 Å². The summed E-state index contributed by atoms with van der Waals surface area (Å²) in [6, 6.07) is 20.9. The van der Waals surface area contributed by atoms with Gasteiger partial charge in [-0.3, -0.25) is 0 Å². The third kappa shape index (κ3) is 2.19. The predicted molar refractivity (Wildman–Crippen MR) is 84.1 cm³/mol. The maximum atomic E-state index is 6.22. The summed E-state index contributed by atoms with van der Waals surface area (Å²) in [4.78, 5) is 0. The number of hydrogen-bond acceptors (Lipinski definition) is 2. The molecule has 0 unspecified atom stereocenters. The fourth-order valence-corrected chi connectivity index (χ4v) is 3.39. The van der Waals surface area contributed by atoms with Crippen LogP contribution in [0.15, 0.2) is 60.7 Å². The van der Waals surface area contributed by atoms with Crippen molar-refractivity contribution in [2.45, 2.75) is 31.5 Å². The van der Waals surface area contributed by atoms with Crippen LogP contribution in [-0.2, 0) is 20.7 Å². The Bertz CT molecular complexity index is 528. The molecule has 1 aliphatic carbocycles. The molecule has 0 spiro atoms. The molecule has 3 rings (SSSR count). The van der Waals surface area contributed by atoms with Gasteiger partial charge >= 0.3 is 0 Å². The number of hydrogen-bond donors (Lipinski definition) is 0. The summed E-state index contributed by atoms with van der Waals surface area (Å²) in [5.74, 6) is 0. The van der Waals surface area contributed by atoms with Crippen LogP contribution in [0.5, 0.6) is 0 Å². The lowest BCUT2D eigenvalue weighted by Gasteiger charge is -2.27. The van der Waals surface area contributed by atoms with Gasteiger partial charge in [0.2, 0.25) is 0 Å². The Morgan fingerprint density at radius 2 is 1.10 bits per heavy atom.